The molecule has 0 spiro atoms. The van der Waals surface area contributed by atoms with E-state index in [1.54, 1.807) is 0 Å². The van der Waals surface area contributed by atoms with Crippen LogP contribution in [0.2, 0.25) is 0 Å². The van der Waals surface area contributed by atoms with E-state index in [2.05, 4.69) is 55.9 Å². The molecule has 1 saturated heterocycles. The summed E-state index contributed by atoms with van der Waals surface area (Å²) in [5, 5.41) is 0. The lowest BCUT2D eigenvalue weighted by Crippen LogP contribution is -2.34. The molecule has 1 aromatic carbocycles. The van der Waals surface area contributed by atoms with Crippen LogP contribution in [0.1, 0.15) is 23.6 Å². The van der Waals surface area contributed by atoms with E-state index < -0.39 is 0 Å². The summed E-state index contributed by atoms with van der Waals surface area (Å²) in [5.74, 6) is 0.749. The van der Waals surface area contributed by atoms with Crippen molar-refractivity contribution in [1.29, 1.82) is 0 Å². The first-order chi connectivity index (χ1) is 9.01. The fourth-order valence-electron chi connectivity index (χ4n) is 3.15. The van der Waals surface area contributed by atoms with Crippen LogP contribution in [0, 0.1) is 12.8 Å². The van der Waals surface area contributed by atoms with Crippen molar-refractivity contribution in [2.45, 2.75) is 33.0 Å². The van der Waals surface area contributed by atoms with E-state index in [0.717, 1.165) is 12.5 Å². The number of hydrogen-bond acceptors (Lipinski definition) is 3. The molecule has 106 valence electrons. The highest BCUT2D eigenvalue weighted by atomic mass is 15.2. The van der Waals surface area contributed by atoms with Gasteiger partial charge in [-0.15, -0.1) is 0 Å². The lowest BCUT2D eigenvalue weighted by atomic mass is 10.0. The van der Waals surface area contributed by atoms with E-state index in [-0.39, 0.29) is 0 Å². The monoisotopic (exact) mass is 261 g/mol. The molecule has 3 heteroatoms. The Morgan fingerprint density at radius 2 is 2.05 bits per heavy atom. The maximum Gasteiger partial charge on any atom is 0.0254 e. The van der Waals surface area contributed by atoms with Crippen molar-refractivity contribution in [1.82, 2.24) is 9.80 Å². The molecular formula is C16H27N3. The first-order valence-electron chi connectivity index (χ1n) is 7.18. The number of hydrogen-bond donors (Lipinski definition) is 1. The van der Waals surface area contributed by atoms with E-state index >= 15 is 0 Å². The van der Waals surface area contributed by atoms with E-state index in [1.165, 1.54) is 29.8 Å². The second-order valence-corrected chi connectivity index (χ2v) is 6.17. The van der Waals surface area contributed by atoms with Gasteiger partial charge in [0.1, 0.15) is 0 Å². The summed E-state index contributed by atoms with van der Waals surface area (Å²) < 4.78 is 0. The molecule has 1 aliphatic rings. The van der Waals surface area contributed by atoms with Crippen LogP contribution in [0.4, 0.5) is 0 Å². The number of nitrogens with two attached hydrogens (primary N) is 1. The van der Waals surface area contributed by atoms with Gasteiger partial charge in [-0.3, -0.25) is 4.90 Å². The number of rotatable bonds is 4. The summed E-state index contributed by atoms with van der Waals surface area (Å²) in [6.45, 7) is 8.61. The number of likely N-dealkylation sites (N-methyl/N-ethyl adjacent to an activating group) is 1. The maximum absolute atomic E-state index is 5.69. The maximum atomic E-state index is 5.69. The van der Waals surface area contributed by atoms with E-state index in [1.807, 2.05) is 0 Å². The Bertz CT molecular complexity index is 428. The Kier molecular flexibility index (Phi) is 4.61. The van der Waals surface area contributed by atoms with Gasteiger partial charge >= 0.3 is 0 Å². The molecule has 19 heavy (non-hydrogen) atoms. The van der Waals surface area contributed by atoms with Crippen LogP contribution < -0.4 is 5.73 Å². The molecule has 1 aromatic rings. The fourth-order valence-corrected chi connectivity index (χ4v) is 3.15. The number of nitrogens with zero attached hydrogens (tertiary/aromatic N) is 2. The zero-order chi connectivity index (χ0) is 14.0. The summed E-state index contributed by atoms with van der Waals surface area (Å²) in [6, 6.07) is 7.30. The molecule has 0 aromatic heterocycles. The molecule has 2 rings (SSSR count). The van der Waals surface area contributed by atoms with Crippen LogP contribution in [0.3, 0.4) is 0 Å². The first kappa shape index (κ1) is 14.5. The van der Waals surface area contributed by atoms with Crippen molar-refractivity contribution in [2.24, 2.45) is 11.7 Å². The lowest BCUT2D eigenvalue weighted by Gasteiger charge is -2.22. The Morgan fingerprint density at radius 1 is 1.32 bits per heavy atom. The quantitative estimate of drug-likeness (QED) is 0.897. The van der Waals surface area contributed by atoms with Crippen molar-refractivity contribution in [3.05, 3.63) is 34.9 Å². The molecule has 1 aliphatic heterocycles. The molecule has 0 aliphatic carbocycles. The molecule has 1 heterocycles. The van der Waals surface area contributed by atoms with Crippen molar-refractivity contribution in [3.63, 3.8) is 0 Å². The van der Waals surface area contributed by atoms with E-state index in [4.69, 9.17) is 5.73 Å². The standard InChI is InChI=1S/C16H27N3/c1-12-7-14(8-17)5-6-15(12)10-19-9-13(2)16(11-19)18(3)4/h5-7,13,16H,8-11,17H2,1-4H3. The van der Waals surface area contributed by atoms with Gasteiger partial charge in [-0.05, 0) is 43.6 Å². The van der Waals surface area contributed by atoms with Crippen molar-refractivity contribution in [2.75, 3.05) is 27.2 Å². The molecule has 2 atom stereocenters. The second kappa shape index (κ2) is 6.04. The van der Waals surface area contributed by atoms with Crippen LogP contribution in [-0.4, -0.2) is 43.0 Å². The minimum atomic E-state index is 0.630. The highest BCUT2D eigenvalue weighted by Crippen LogP contribution is 2.23. The second-order valence-electron chi connectivity index (χ2n) is 6.17. The molecule has 0 saturated carbocycles. The van der Waals surface area contributed by atoms with Gasteiger partial charge < -0.3 is 10.6 Å². The topological polar surface area (TPSA) is 32.5 Å². The zero-order valence-electron chi connectivity index (χ0n) is 12.7. The minimum absolute atomic E-state index is 0.630. The van der Waals surface area contributed by atoms with Gasteiger partial charge in [0, 0.05) is 32.2 Å². The Balaban J connectivity index is 2.03. The Morgan fingerprint density at radius 3 is 2.58 bits per heavy atom. The first-order valence-corrected chi connectivity index (χ1v) is 7.18. The van der Waals surface area contributed by atoms with Crippen molar-refractivity contribution in [3.8, 4) is 0 Å². The van der Waals surface area contributed by atoms with Crippen LogP contribution in [-0.2, 0) is 13.1 Å². The third-order valence-electron chi connectivity index (χ3n) is 4.35. The van der Waals surface area contributed by atoms with Gasteiger partial charge in [0.05, 0.1) is 0 Å². The highest BCUT2D eigenvalue weighted by molar-refractivity contribution is 5.31. The third-order valence-corrected chi connectivity index (χ3v) is 4.35. The molecular weight excluding hydrogens is 234 g/mol. The predicted molar refractivity (Wildman–Crippen MR) is 81.0 cm³/mol. The van der Waals surface area contributed by atoms with Gasteiger partial charge in [-0.2, -0.15) is 0 Å². The summed E-state index contributed by atoms with van der Waals surface area (Å²) >= 11 is 0. The molecule has 3 nitrogen and oxygen atoms in total. The summed E-state index contributed by atoms with van der Waals surface area (Å²) in [5.41, 5.74) is 9.71. The number of likely N-dealkylation sites (tertiary alicyclic amines) is 1. The Hall–Kier alpha value is -0.900. The molecule has 0 radical (unpaired) electrons. The van der Waals surface area contributed by atoms with Gasteiger partial charge in [-0.25, -0.2) is 0 Å². The van der Waals surface area contributed by atoms with Gasteiger partial charge in [0.2, 0.25) is 0 Å². The lowest BCUT2D eigenvalue weighted by molar-refractivity contribution is 0.250. The predicted octanol–water partition coefficient (Wildman–Crippen LogP) is 1.84. The fraction of sp³-hybridized carbons (Fsp3) is 0.625. The SMILES string of the molecule is Cc1cc(CN)ccc1CN1CC(C)C(N(C)C)C1. The number of benzene rings is 1. The summed E-state index contributed by atoms with van der Waals surface area (Å²) in [7, 11) is 4.37. The minimum Gasteiger partial charge on any atom is -0.326 e. The molecule has 2 unspecified atom stereocenters. The highest BCUT2D eigenvalue weighted by Gasteiger charge is 2.30. The number of aryl methyl sites for hydroxylation is 1. The van der Waals surface area contributed by atoms with Crippen LogP contribution in [0.5, 0.6) is 0 Å². The average molecular weight is 261 g/mol. The van der Waals surface area contributed by atoms with Crippen LogP contribution >= 0.6 is 0 Å². The molecule has 0 amide bonds. The normalized spacial score (nSPS) is 24.3. The zero-order valence-corrected chi connectivity index (χ0v) is 12.7. The summed E-state index contributed by atoms with van der Waals surface area (Å²) in [4.78, 5) is 4.93. The van der Waals surface area contributed by atoms with Crippen molar-refractivity contribution >= 4 is 0 Å². The van der Waals surface area contributed by atoms with E-state index in [9.17, 15) is 0 Å². The average Bonchev–Trinajstić information content (AvgIpc) is 2.73. The summed E-state index contributed by atoms with van der Waals surface area (Å²) in [6.07, 6.45) is 0. The van der Waals surface area contributed by atoms with E-state index in [0.29, 0.717) is 12.6 Å². The molecule has 1 fully saturated rings. The van der Waals surface area contributed by atoms with Gasteiger partial charge in [0.25, 0.3) is 0 Å². The van der Waals surface area contributed by atoms with Gasteiger partial charge in [0.15, 0.2) is 0 Å². The van der Waals surface area contributed by atoms with Crippen LogP contribution in [0.15, 0.2) is 18.2 Å². The van der Waals surface area contributed by atoms with Gasteiger partial charge in [-0.1, -0.05) is 25.1 Å². The smallest absolute Gasteiger partial charge is 0.0254 e. The third kappa shape index (κ3) is 3.35. The van der Waals surface area contributed by atoms with Crippen LogP contribution in [0.25, 0.3) is 0 Å². The molecule has 0 bridgehead atoms. The van der Waals surface area contributed by atoms with Crippen molar-refractivity contribution < 1.29 is 0 Å². The molecule has 2 N–H and O–H groups in total. The Labute approximate surface area is 117 Å². The largest absolute Gasteiger partial charge is 0.326 e.